The number of aromatic nitrogens is 6. The van der Waals surface area contributed by atoms with E-state index in [9.17, 15) is 13.2 Å². The van der Waals surface area contributed by atoms with E-state index in [1.165, 1.54) is 18.1 Å². The number of H-pyrrole nitrogens is 1. The van der Waals surface area contributed by atoms with Crippen LogP contribution in [0.3, 0.4) is 0 Å². The second-order valence-corrected chi connectivity index (χ2v) is 12.5. The number of anilines is 2. The summed E-state index contributed by atoms with van der Waals surface area (Å²) in [7, 11) is -3.36. The summed E-state index contributed by atoms with van der Waals surface area (Å²) in [4.78, 5) is 27.6. The lowest BCUT2D eigenvalue weighted by molar-refractivity contribution is 0.607. The van der Waals surface area contributed by atoms with Gasteiger partial charge in [-0.15, -0.1) is 0 Å². The lowest BCUT2D eigenvalue weighted by Crippen LogP contribution is -2.29. The van der Waals surface area contributed by atoms with Gasteiger partial charge < -0.3 is 10.3 Å². The number of para-hydroxylation sites is 1. The highest BCUT2D eigenvalue weighted by Crippen LogP contribution is 2.37. The van der Waals surface area contributed by atoms with Gasteiger partial charge in [-0.25, -0.2) is 22.9 Å². The Hall–Kier alpha value is -4.62. The van der Waals surface area contributed by atoms with E-state index in [-0.39, 0.29) is 5.56 Å². The van der Waals surface area contributed by atoms with Crippen molar-refractivity contribution in [2.24, 2.45) is 0 Å². The normalized spacial score (nSPS) is 12.6. The zero-order valence-corrected chi connectivity index (χ0v) is 24.0. The number of aromatic amines is 1. The molecule has 1 atom stereocenters. The highest BCUT2D eigenvalue weighted by molar-refractivity contribution is 7.99. The van der Waals surface area contributed by atoms with Crippen molar-refractivity contribution in [2.45, 2.75) is 29.7 Å². The molecule has 11 nitrogen and oxygen atoms in total. The maximum absolute atomic E-state index is 13.7. The molecule has 41 heavy (non-hydrogen) atoms. The van der Waals surface area contributed by atoms with E-state index in [2.05, 4.69) is 25.0 Å². The van der Waals surface area contributed by atoms with Crippen LogP contribution in [0.25, 0.3) is 22.2 Å². The first kappa shape index (κ1) is 26.6. The van der Waals surface area contributed by atoms with Gasteiger partial charge in [0.05, 0.1) is 23.4 Å². The van der Waals surface area contributed by atoms with Crippen molar-refractivity contribution >= 4 is 49.8 Å². The predicted octanol–water partition coefficient (Wildman–Crippen LogP) is 4.76. The van der Waals surface area contributed by atoms with Crippen molar-refractivity contribution in [3.8, 4) is 5.69 Å². The zero-order chi connectivity index (χ0) is 28.7. The molecule has 13 heteroatoms. The highest BCUT2D eigenvalue weighted by atomic mass is 32.2. The lowest BCUT2D eigenvalue weighted by Gasteiger charge is -2.20. The van der Waals surface area contributed by atoms with Gasteiger partial charge in [-0.3, -0.25) is 14.1 Å². The van der Waals surface area contributed by atoms with E-state index in [0.717, 1.165) is 32.7 Å². The van der Waals surface area contributed by atoms with Gasteiger partial charge in [0.15, 0.2) is 5.82 Å². The second kappa shape index (κ2) is 10.4. The predicted molar refractivity (Wildman–Crippen MR) is 160 cm³/mol. The smallest absolute Gasteiger partial charge is 0.282 e. The highest BCUT2D eigenvalue weighted by Gasteiger charge is 2.22. The number of benzene rings is 2. The Kier molecular flexibility index (Phi) is 6.75. The first-order chi connectivity index (χ1) is 19.7. The zero-order valence-electron chi connectivity index (χ0n) is 22.4. The van der Waals surface area contributed by atoms with Crippen LogP contribution in [0.5, 0.6) is 0 Å². The molecule has 0 saturated heterocycles. The molecule has 0 aliphatic heterocycles. The van der Waals surface area contributed by atoms with Crippen molar-refractivity contribution < 1.29 is 8.42 Å². The Balaban J connectivity index is 1.37. The van der Waals surface area contributed by atoms with E-state index in [1.807, 2.05) is 68.6 Å². The van der Waals surface area contributed by atoms with E-state index in [1.54, 1.807) is 27.4 Å². The maximum Gasteiger partial charge on any atom is 0.282 e. The van der Waals surface area contributed by atoms with E-state index in [0.29, 0.717) is 28.5 Å². The van der Waals surface area contributed by atoms with E-state index in [4.69, 9.17) is 5.10 Å². The monoisotopic (exact) mass is 586 g/mol. The fourth-order valence-corrected chi connectivity index (χ4v) is 6.17. The van der Waals surface area contributed by atoms with Crippen LogP contribution in [0.2, 0.25) is 0 Å². The van der Waals surface area contributed by atoms with Gasteiger partial charge in [0.1, 0.15) is 23.3 Å². The average Bonchev–Trinajstić information content (AvgIpc) is 3.53. The van der Waals surface area contributed by atoms with Crippen molar-refractivity contribution in [3.63, 3.8) is 0 Å². The number of nitrogens with zero attached hydrogens (tertiary/aromatic N) is 5. The summed E-state index contributed by atoms with van der Waals surface area (Å²) in [6, 6.07) is 18.0. The summed E-state index contributed by atoms with van der Waals surface area (Å²) in [6.07, 6.45) is 6.24. The molecule has 4 heterocycles. The van der Waals surface area contributed by atoms with Gasteiger partial charge in [0.2, 0.25) is 10.0 Å². The third kappa shape index (κ3) is 5.28. The van der Waals surface area contributed by atoms with E-state index >= 15 is 0 Å². The number of aryl methyl sites for hydroxylation is 1. The quantitative estimate of drug-likeness (QED) is 0.232. The van der Waals surface area contributed by atoms with Crippen LogP contribution in [0.4, 0.5) is 11.5 Å². The average molecular weight is 587 g/mol. The van der Waals surface area contributed by atoms with Crippen LogP contribution in [0.1, 0.15) is 24.4 Å². The third-order valence-corrected chi connectivity index (χ3v) is 8.14. The molecule has 0 unspecified atom stereocenters. The van der Waals surface area contributed by atoms with Crippen LogP contribution < -0.4 is 15.6 Å². The molecule has 0 saturated carbocycles. The lowest BCUT2D eigenvalue weighted by atomic mass is 10.2. The summed E-state index contributed by atoms with van der Waals surface area (Å²) in [6.45, 7) is 3.83. The molecule has 0 bridgehead atoms. The molecule has 0 aliphatic carbocycles. The van der Waals surface area contributed by atoms with Crippen molar-refractivity contribution in [1.29, 1.82) is 0 Å². The van der Waals surface area contributed by atoms with Crippen LogP contribution in [-0.2, 0) is 10.0 Å². The standard InChI is InChI=1S/C28H26N8O3S2/c1-17-13-14-35-24(17)28(37)36(20-7-5-4-6-8-20)27(33-35)18(2)32-26-23-22(15-29-25(23)30-16-31-26)40-21-11-9-19(10-12-21)34-41(3,38)39/h4-16,18,34H,1-3H3,(H2,29,30,31,32)/t18-/m0/s1. The van der Waals surface area contributed by atoms with Crippen LogP contribution in [0.15, 0.2) is 94.0 Å². The molecule has 208 valence electrons. The fraction of sp³-hybridized carbons (Fsp3) is 0.143. The number of hydrogen-bond acceptors (Lipinski definition) is 8. The molecule has 0 radical (unpaired) electrons. The largest absolute Gasteiger partial charge is 0.360 e. The summed E-state index contributed by atoms with van der Waals surface area (Å²) in [5.74, 6) is 1.11. The summed E-state index contributed by atoms with van der Waals surface area (Å²) >= 11 is 1.49. The Bertz CT molecular complexity index is 2050. The molecule has 0 fully saturated rings. The second-order valence-electron chi connectivity index (χ2n) is 9.59. The summed E-state index contributed by atoms with van der Waals surface area (Å²) in [5.41, 5.74) is 3.08. The molecular weight excluding hydrogens is 560 g/mol. The number of rotatable bonds is 8. The molecule has 0 aliphatic rings. The molecule has 6 aromatic rings. The Morgan fingerprint density at radius 1 is 1.02 bits per heavy atom. The number of hydrogen-bond donors (Lipinski definition) is 3. The first-order valence-corrected chi connectivity index (χ1v) is 15.4. The molecule has 3 N–H and O–H groups in total. The molecule has 4 aromatic heterocycles. The van der Waals surface area contributed by atoms with Gasteiger partial charge in [0.25, 0.3) is 5.56 Å². The van der Waals surface area contributed by atoms with Crippen molar-refractivity contribution in [1.82, 2.24) is 29.1 Å². The SMILES string of the molecule is Cc1ccn2nc([C@H](C)Nc3ncnc4[nH]cc(Sc5ccc(NS(C)(=O)=O)cc5)c34)n(-c3ccccc3)c(=O)c12. The molecule has 2 aromatic carbocycles. The summed E-state index contributed by atoms with van der Waals surface area (Å²) < 4.78 is 28.8. The van der Waals surface area contributed by atoms with Gasteiger partial charge in [-0.1, -0.05) is 30.0 Å². The number of nitrogens with one attached hydrogen (secondary N) is 3. The molecule has 6 rings (SSSR count). The van der Waals surface area contributed by atoms with Gasteiger partial charge in [-0.2, -0.15) is 5.10 Å². The van der Waals surface area contributed by atoms with Crippen molar-refractivity contribution in [3.05, 3.63) is 101 Å². The number of fused-ring (bicyclic) bond motifs is 2. The minimum atomic E-state index is -3.36. The van der Waals surface area contributed by atoms with E-state index < -0.39 is 16.1 Å². The van der Waals surface area contributed by atoms with Crippen molar-refractivity contribution in [2.75, 3.05) is 16.3 Å². The Labute approximate surface area is 239 Å². The Morgan fingerprint density at radius 2 is 1.78 bits per heavy atom. The van der Waals surface area contributed by atoms with Gasteiger partial charge in [-0.05, 0) is 61.9 Å². The maximum atomic E-state index is 13.7. The van der Waals surface area contributed by atoms with Crippen LogP contribution in [0, 0.1) is 6.92 Å². The first-order valence-electron chi connectivity index (χ1n) is 12.7. The van der Waals surface area contributed by atoms with Crippen LogP contribution >= 0.6 is 11.8 Å². The minimum Gasteiger partial charge on any atom is -0.360 e. The van der Waals surface area contributed by atoms with Gasteiger partial charge >= 0.3 is 0 Å². The fourth-order valence-electron chi connectivity index (χ4n) is 4.66. The van der Waals surface area contributed by atoms with Crippen LogP contribution in [-0.4, -0.2) is 43.8 Å². The minimum absolute atomic E-state index is 0.156. The topological polar surface area (TPSA) is 139 Å². The molecular formula is C28H26N8O3S2. The van der Waals surface area contributed by atoms with Gasteiger partial charge in [0, 0.05) is 27.9 Å². The molecule has 0 spiro atoms. The number of sulfonamides is 1. The molecule has 0 amide bonds. The third-order valence-electron chi connectivity index (χ3n) is 6.49. The Morgan fingerprint density at radius 3 is 2.51 bits per heavy atom. The summed E-state index contributed by atoms with van der Waals surface area (Å²) in [5, 5.41) is 9.08.